The van der Waals surface area contributed by atoms with Gasteiger partial charge in [0.05, 0.1) is 0 Å². The number of amides is 2. The van der Waals surface area contributed by atoms with Gasteiger partial charge < -0.3 is 10.1 Å². The minimum Gasteiger partial charge on any atom is -0.473 e. The number of aryl methyl sites for hydroxylation is 1. The molecule has 6 heteroatoms. The summed E-state index contributed by atoms with van der Waals surface area (Å²) in [6, 6.07) is 10.9. The number of pyridine rings is 1. The standard InChI is InChI=1S/C15H16BrN3O2/c1-2-11-5-3-4-6-13(11)21-10-18-15(20)19-14-9-12(16)7-8-17-14/h3-9H,2,10H2,1H3,(H2,17,18,19,20). The first kappa shape index (κ1) is 15.3. The number of nitrogens with zero attached hydrogens (tertiary/aromatic N) is 1. The van der Waals surface area contributed by atoms with Crippen LogP contribution in [0.15, 0.2) is 47.1 Å². The number of para-hydroxylation sites is 1. The van der Waals surface area contributed by atoms with Crippen molar-refractivity contribution in [3.05, 3.63) is 52.6 Å². The number of carbonyl (C=O) groups is 1. The number of urea groups is 1. The number of benzene rings is 1. The second-order valence-electron chi connectivity index (χ2n) is 4.24. The van der Waals surface area contributed by atoms with Gasteiger partial charge in [0, 0.05) is 10.7 Å². The summed E-state index contributed by atoms with van der Waals surface area (Å²) in [7, 11) is 0. The van der Waals surface area contributed by atoms with E-state index in [4.69, 9.17) is 4.74 Å². The molecule has 0 fully saturated rings. The number of hydrogen-bond donors (Lipinski definition) is 2. The Labute approximate surface area is 131 Å². The van der Waals surface area contributed by atoms with Crippen LogP contribution in [0.2, 0.25) is 0 Å². The van der Waals surface area contributed by atoms with Gasteiger partial charge in [-0.3, -0.25) is 5.32 Å². The normalized spacial score (nSPS) is 10.0. The summed E-state index contributed by atoms with van der Waals surface area (Å²) in [5.41, 5.74) is 1.10. The van der Waals surface area contributed by atoms with Crippen molar-refractivity contribution in [2.75, 3.05) is 12.0 Å². The maximum Gasteiger partial charge on any atom is 0.323 e. The molecule has 0 saturated carbocycles. The molecular formula is C15H16BrN3O2. The lowest BCUT2D eigenvalue weighted by Crippen LogP contribution is -2.32. The highest BCUT2D eigenvalue weighted by Gasteiger charge is 2.04. The second kappa shape index (κ2) is 7.64. The van der Waals surface area contributed by atoms with Crippen molar-refractivity contribution in [3.8, 4) is 5.75 Å². The van der Waals surface area contributed by atoms with Gasteiger partial charge in [0.15, 0.2) is 6.73 Å². The number of carbonyl (C=O) groups excluding carboxylic acids is 1. The average molecular weight is 350 g/mol. The predicted molar refractivity (Wildman–Crippen MR) is 85.4 cm³/mol. The molecule has 0 aliphatic carbocycles. The van der Waals surface area contributed by atoms with Crippen LogP contribution in [-0.4, -0.2) is 17.7 Å². The van der Waals surface area contributed by atoms with Gasteiger partial charge in [0.25, 0.3) is 0 Å². The lowest BCUT2D eigenvalue weighted by Gasteiger charge is -2.11. The number of aromatic nitrogens is 1. The summed E-state index contributed by atoms with van der Waals surface area (Å²) >= 11 is 3.31. The van der Waals surface area contributed by atoms with E-state index in [2.05, 4.69) is 38.5 Å². The zero-order valence-corrected chi connectivity index (χ0v) is 13.2. The zero-order valence-electron chi connectivity index (χ0n) is 11.6. The number of anilines is 1. The molecule has 1 aromatic heterocycles. The molecule has 2 aromatic rings. The smallest absolute Gasteiger partial charge is 0.323 e. The molecule has 0 bridgehead atoms. The van der Waals surface area contributed by atoms with Crippen LogP contribution in [0.1, 0.15) is 12.5 Å². The Bertz CT molecular complexity index is 619. The third kappa shape index (κ3) is 4.75. The van der Waals surface area contributed by atoms with E-state index in [1.807, 2.05) is 24.3 Å². The van der Waals surface area contributed by atoms with Crippen LogP contribution in [-0.2, 0) is 6.42 Å². The van der Waals surface area contributed by atoms with Crippen LogP contribution < -0.4 is 15.4 Å². The van der Waals surface area contributed by atoms with Crippen molar-refractivity contribution in [3.63, 3.8) is 0 Å². The summed E-state index contributed by atoms with van der Waals surface area (Å²) in [4.78, 5) is 15.7. The number of rotatable bonds is 5. The van der Waals surface area contributed by atoms with Crippen LogP contribution in [0.25, 0.3) is 0 Å². The second-order valence-corrected chi connectivity index (χ2v) is 5.16. The van der Waals surface area contributed by atoms with Gasteiger partial charge in [-0.2, -0.15) is 0 Å². The Morgan fingerprint density at radius 3 is 2.90 bits per heavy atom. The van der Waals surface area contributed by atoms with E-state index in [0.717, 1.165) is 22.2 Å². The molecule has 0 unspecified atom stereocenters. The molecule has 0 aliphatic heterocycles. The highest BCUT2D eigenvalue weighted by atomic mass is 79.9. The van der Waals surface area contributed by atoms with E-state index in [1.165, 1.54) is 0 Å². The molecule has 0 saturated heterocycles. The van der Waals surface area contributed by atoms with Gasteiger partial charge in [0.2, 0.25) is 0 Å². The van der Waals surface area contributed by atoms with Crippen LogP contribution in [0.3, 0.4) is 0 Å². The highest BCUT2D eigenvalue weighted by molar-refractivity contribution is 9.10. The van der Waals surface area contributed by atoms with Gasteiger partial charge in [-0.15, -0.1) is 0 Å². The predicted octanol–water partition coefficient (Wildman–Crippen LogP) is 3.56. The number of hydrogen-bond acceptors (Lipinski definition) is 3. The van der Waals surface area contributed by atoms with E-state index < -0.39 is 0 Å². The van der Waals surface area contributed by atoms with Crippen molar-refractivity contribution in [1.82, 2.24) is 10.3 Å². The molecule has 0 spiro atoms. The fraction of sp³-hybridized carbons (Fsp3) is 0.200. The zero-order chi connectivity index (χ0) is 15.1. The SMILES string of the molecule is CCc1ccccc1OCNC(=O)Nc1cc(Br)ccn1. The Morgan fingerprint density at radius 2 is 2.14 bits per heavy atom. The molecule has 1 heterocycles. The fourth-order valence-electron chi connectivity index (χ4n) is 1.75. The third-order valence-corrected chi connectivity index (χ3v) is 3.27. The number of nitrogens with one attached hydrogen (secondary N) is 2. The van der Waals surface area contributed by atoms with Crippen LogP contribution in [0, 0.1) is 0 Å². The minimum absolute atomic E-state index is 0.0941. The molecule has 5 nitrogen and oxygen atoms in total. The monoisotopic (exact) mass is 349 g/mol. The maximum atomic E-state index is 11.7. The Morgan fingerprint density at radius 1 is 1.33 bits per heavy atom. The molecular weight excluding hydrogens is 334 g/mol. The van der Waals surface area contributed by atoms with E-state index in [9.17, 15) is 4.79 Å². The first-order chi connectivity index (χ1) is 10.2. The van der Waals surface area contributed by atoms with Gasteiger partial charge >= 0.3 is 6.03 Å². The summed E-state index contributed by atoms with van der Waals surface area (Å²) in [5, 5.41) is 5.25. The van der Waals surface area contributed by atoms with Crippen molar-refractivity contribution < 1.29 is 9.53 Å². The molecule has 1 aromatic carbocycles. The lowest BCUT2D eigenvalue weighted by atomic mass is 10.1. The average Bonchev–Trinajstić information content (AvgIpc) is 2.47. The minimum atomic E-state index is -0.366. The van der Waals surface area contributed by atoms with Crippen molar-refractivity contribution >= 4 is 27.8 Å². The van der Waals surface area contributed by atoms with Crippen molar-refractivity contribution in [1.29, 1.82) is 0 Å². The van der Waals surface area contributed by atoms with Crippen LogP contribution >= 0.6 is 15.9 Å². The fourth-order valence-corrected chi connectivity index (χ4v) is 2.08. The molecule has 21 heavy (non-hydrogen) atoms. The van der Waals surface area contributed by atoms with Crippen molar-refractivity contribution in [2.45, 2.75) is 13.3 Å². The van der Waals surface area contributed by atoms with E-state index in [1.54, 1.807) is 18.3 Å². The molecule has 0 aliphatic rings. The molecule has 0 atom stereocenters. The van der Waals surface area contributed by atoms with E-state index >= 15 is 0 Å². The Kier molecular flexibility index (Phi) is 5.57. The van der Waals surface area contributed by atoms with Gasteiger partial charge in [-0.05, 0) is 30.2 Å². The summed E-state index contributed by atoms with van der Waals surface area (Å²) in [6.45, 7) is 2.15. The number of halogens is 1. The quantitative estimate of drug-likeness (QED) is 0.811. The van der Waals surface area contributed by atoms with E-state index in [-0.39, 0.29) is 12.8 Å². The Hall–Kier alpha value is -2.08. The third-order valence-electron chi connectivity index (χ3n) is 2.78. The van der Waals surface area contributed by atoms with Crippen LogP contribution in [0.4, 0.5) is 10.6 Å². The number of ether oxygens (including phenoxy) is 1. The first-order valence-electron chi connectivity index (χ1n) is 6.56. The molecule has 2 rings (SSSR count). The molecule has 2 amide bonds. The van der Waals surface area contributed by atoms with Gasteiger partial charge in [0.1, 0.15) is 11.6 Å². The van der Waals surface area contributed by atoms with E-state index in [0.29, 0.717) is 5.82 Å². The highest BCUT2D eigenvalue weighted by Crippen LogP contribution is 2.17. The maximum absolute atomic E-state index is 11.7. The molecule has 2 N–H and O–H groups in total. The first-order valence-corrected chi connectivity index (χ1v) is 7.35. The van der Waals surface area contributed by atoms with Crippen molar-refractivity contribution in [2.24, 2.45) is 0 Å². The van der Waals surface area contributed by atoms with Gasteiger partial charge in [-0.25, -0.2) is 9.78 Å². The summed E-state index contributed by atoms with van der Waals surface area (Å²) in [5.74, 6) is 1.25. The molecule has 0 radical (unpaired) electrons. The topological polar surface area (TPSA) is 63.2 Å². The lowest BCUT2D eigenvalue weighted by molar-refractivity contribution is 0.234. The molecule has 110 valence electrons. The largest absolute Gasteiger partial charge is 0.473 e. The summed E-state index contributed by atoms with van der Waals surface area (Å²) in [6.07, 6.45) is 2.48. The van der Waals surface area contributed by atoms with Crippen LogP contribution in [0.5, 0.6) is 5.75 Å². The Balaban J connectivity index is 1.82. The van der Waals surface area contributed by atoms with Gasteiger partial charge in [-0.1, -0.05) is 41.1 Å². The summed E-state index contributed by atoms with van der Waals surface area (Å²) < 4.78 is 6.41.